The number of carbonyl (C=O) groups is 2. The van der Waals surface area contributed by atoms with E-state index in [0.717, 1.165) is 19.3 Å². The lowest BCUT2D eigenvalue weighted by Gasteiger charge is -2.32. The third-order valence-corrected chi connectivity index (χ3v) is 4.32. The maximum atomic E-state index is 12.5. The number of hydrogen-bond donors (Lipinski definition) is 2. The molecule has 3 N–H and O–H groups in total. The van der Waals surface area contributed by atoms with Gasteiger partial charge in [0.05, 0.1) is 5.92 Å². The highest BCUT2D eigenvalue weighted by molar-refractivity contribution is 6.30. The molecular weight excluding hydrogens is 349 g/mol. The van der Waals surface area contributed by atoms with Gasteiger partial charge >= 0.3 is 0 Å². The van der Waals surface area contributed by atoms with Gasteiger partial charge in [-0.05, 0) is 50.5 Å². The molecule has 1 saturated heterocycles. The molecule has 2 atom stereocenters. The molecule has 1 heterocycles. The second-order valence-corrected chi connectivity index (χ2v) is 6.59. The maximum Gasteiger partial charge on any atom is 0.253 e. The number of likely N-dealkylation sites (tertiary alicyclic amines) is 1. The predicted octanol–water partition coefficient (Wildman–Crippen LogP) is 2.47. The van der Waals surface area contributed by atoms with Gasteiger partial charge in [-0.25, -0.2) is 0 Å². The number of nitrogens with two attached hydrogens (primary N) is 1. The summed E-state index contributed by atoms with van der Waals surface area (Å²) in [4.78, 5) is 26.5. The van der Waals surface area contributed by atoms with Crippen molar-refractivity contribution in [3.63, 3.8) is 0 Å². The van der Waals surface area contributed by atoms with Crippen LogP contribution in [0.15, 0.2) is 24.3 Å². The molecule has 134 valence electrons. The molecule has 0 spiro atoms. The normalized spacial score (nSPS) is 18.5. The molecule has 1 aliphatic heterocycles. The standard InChI is InChI=1S/C17H24ClN3O2.ClH/c1-12(19)8-9-20-16(22)14-3-2-10-21(11-14)17(23)13-4-6-15(18)7-5-13;/h4-7,12,14H,2-3,8-11,19H2,1H3,(H,20,22);1H. The number of carbonyl (C=O) groups excluding carboxylic acids is 2. The fourth-order valence-corrected chi connectivity index (χ4v) is 2.84. The Morgan fingerprint density at radius 2 is 2.04 bits per heavy atom. The zero-order valence-corrected chi connectivity index (χ0v) is 15.4. The summed E-state index contributed by atoms with van der Waals surface area (Å²) in [7, 11) is 0. The molecule has 2 rings (SSSR count). The lowest BCUT2D eigenvalue weighted by Crippen LogP contribution is -2.45. The smallest absolute Gasteiger partial charge is 0.253 e. The SMILES string of the molecule is CC(N)CCNC(=O)C1CCCN(C(=O)c2ccc(Cl)cc2)C1.Cl. The van der Waals surface area contributed by atoms with E-state index in [0.29, 0.717) is 30.2 Å². The Morgan fingerprint density at radius 3 is 2.67 bits per heavy atom. The summed E-state index contributed by atoms with van der Waals surface area (Å²) in [5.74, 6) is -0.179. The van der Waals surface area contributed by atoms with Gasteiger partial charge in [-0.2, -0.15) is 0 Å². The fraction of sp³-hybridized carbons (Fsp3) is 0.529. The minimum atomic E-state index is -0.145. The summed E-state index contributed by atoms with van der Waals surface area (Å²) in [6.45, 7) is 3.65. The Kier molecular flexibility index (Phi) is 8.53. The van der Waals surface area contributed by atoms with Crippen molar-refractivity contribution >= 4 is 35.8 Å². The van der Waals surface area contributed by atoms with Crippen LogP contribution in [0.25, 0.3) is 0 Å². The predicted molar refractivity (Wildman–Crippen MR) is 98.6 cm³/mol. The second-order valence-electron chi connectivity index (χ2n) is 6.15. The summed E-state index contributed by atoms with van der Waals surface area (Å²) in [6, 6.07) is 6.92. The molecule has 7 heteroatoms. The number of nitrogens with zero attached hydrogens (tertiary/aromatic N) is 1. The van der Waals surface area contributed by atoms with Crippen molar-refractivity contribution in [1.82, 2.24) is 10.2 Å². The minimum Gasteiger partial charge on any atom is -0.356 e. The molecule has 0 radical (unpaired) electrons. The molecule has 5 nitrogen and oxygen atoms in total. The molecule has 0 aliphatic carbocycles. The Bertz CT molecular complexity index is 549. The Balaban J connectivity index is 0.00000288. The molecule has 1 aromatic rings. The largest absolute Gasteiger partial charge is 0.356 e. The van der Waals surface area contributed by atoms with Crippen LogP contribution in [0.4, 0.5) is 0 Å². The van der Waals surface area contributed by atoms with E-state index in [2.05, 4.69) is 5.32 Å². The van der Waals surface area contributed by atoms with Crippen molar-refractivity contribution in [2.24, 2.45) is 11.7 Å². The van der Waals surface area contributed by atoms with Crippen molar-refractivity contribution in [2.75, 3.05) is 19.6 Å². The first kappa shape index (κ1) is 20.7. The number of nitrogens with one attached hydrogen (secondary N) is 1. The number of piperidine rings is 1. The van der Waals surface area contributed by atoms with Gasteiger partial charge < -0.3 is 16.0 Å². The van der Waals surface area contributed by atoms with Crippen molar-refractivity contribution in [3.05, 3.63) is 34.9 Å². The second kappa shape index (κ2) is 9.87. The van der Waals surface area contributed by atoms with Crippen LogP contribution >= 0.6 is 24.0 Å². The van der Waals surface area contributed by atoms with Crippen molar-refractivity contribution in [3.8, 4) is 0 Å². The average molecular weight is 374 g/mol. The number of halogens is 2. The van der Waals surface area contributed by atoms with E-state index in [4.69, 9.17) is 17.3 Å². The van der Waals surface area contributed by atoms with Crippen molar-refractivity contribution in [1.29, 1.82) is 0 Å². The molecule has 24 heavy (non-hydrogen) atoms. The highest BCUT2D eigenvalue weighted by Crippen LogP contribution is 2.19. The van der Waals surface area contributed by atoms with Gasteiger partial charge in [0.25, 0.3) is 5.91 Å². The zero-order chi connectivity index (χ0) is 16.8. The maximum absolute atomic E-state index is 12.5. The van der Waals surface area contributed by atoms with Crippen LogP contribution in [0.3, 0.4) is 0 Å². The van der Waals surface area contributed by atoms with Gasteiger partial charge in [-0.3, -0.25) is 9.59 Å². The summed E-state index contributed by atoms with van der Waals surface area (Å²) in [5.41, 5.74) is 6.28. The molecule has 0 bridgehead atoms. The number of hydrogen-bond acceptors (Lipinski definition) is 3. The van der Waals surface area contributed by atoms with E-state index < -0.39 is 0 Å². The van der Waals surface area contributed by atoms with E-state index in [9.17, 15) is 9.59 Å². The summed E-state index contributed by atoms with van der Waals surface area (Å²) in [5, 5.41) is 3.52. The van der Waals surface area contributed by atoms with E-state index in [1.165, 1.54) is 0 Å². The topological polar surface area (TPSA) is 75.4 Å². The van der Waals surface area contributed by atoms with Crippen LogP contribution in [-0.2, 0) is 4.79 Å². The van der Waals surface area contributed by atoms with Gasteiger partial charge in [0.15, 0.2) is 0 Å². The van der Waals surface area contributed by atoms with Crippen LogP contribution in [-0.4, -0.2) is 42.4 Å². The Hall–Kier alpha value is -1.30. The molecule has 0 aromatic heterocycles. The first-order valence-electron chi connectivity index (χ1n) is 8.05. The quantitative estimate of drug-likeness (QED) is 0.832. The highest BCUT2D eigenvalue weighted by atomic mass is 35.5. The van der Waals surface area contributed by atoms with Crippen LogP contribution in [0, 0.1) is 5.92 Å². The minimum absolute atomic E-state index is 0. The van der Waals surface area contributed by atoms with Gasteiger partial charge in [0, 0.05) is 36.3 Å². The zero-order valence-electron chi connectivity index (χ0n) is 13.8. The molecule has 2 amide bonds. The summed E-state index contributed by atoms with van der Waals surface area (Å²) < 4.78 is 0. The lowest BCUT2D eigenvalue weighted by molar-refractivity contribution is -0.126. The van der Waals surface area contributed by atoms with Crippen LogP contribution in [0.5, 0.6) is 0 Å². The summed E-state index contributed by atoms with van der Waals surface area (Å²) >= 11 is 5.85. The molecule has 1 aliphatic rings. The Labute approximate surface area is 154 Å². The van der Waals surface area contributed by atoms with Gasteiger partial charge in [-0.15, -0.1) is 12.4 Å². The molecule has 1 fully saturated rings. The van der Waals surface area contributed by atoms with Crippen LogP contribution in [0.2, 0.25) is 5.02 Å². The molecule has 2 unspecified atom stereocenters. The van der Waals surface area contributed by atoms with Crippen LogP contribution < -0.4 is 11.1 Å². The fourth-order valence-electron chi connectivity index (χ4n) is 2.72. The summed E-state index contributed by atoms with van der Waals surface area (Å²) in [6.07, 6.45) is 2.41. The monoisotopic (exact) mass is 373 g/mol. The lowest BCUT2D eigenvalue weighted by atomic mass is 9.96. The number of rotatable bonds is 5. The van der Waals surface area contributed by atoms with Crippen LogP contribution in [0.1, 0.15) is 36.5 Å². The van der Waals surface area contributed by atoms with Gasteiger partial charge in [-0.1, -0.05) is 11.6 Å². The van der Waals surface area contributed by atoms with E-state index in [-0.39, 0.29) is 36.2 Å². The first-order valence-corrected chi connectivity index (χ1v) is 8.43. The van der Waals surface area contributed by atoms with Crippen molar-refractivity contribution in [2.45, 2.75) is 32.2 Å². The molecular formula is C17H25Cl2N3O2. The average Bonchev–Trinajstić information content (AvgIpc) is 2.54. The third-order valence-electron chi connectivity index (χ3n) is 4.07. The third kappa shape index (κ3) is 5.96. The van der Waals surface area contributed by atoms with Crippen molar-refractivity contribution < 1.29 is 9.59 Å². The molecule has 0 saturated carbocycles. The van der Waals surface area contributed by atoms with E-state index in [1.807, 2.05) is 6.92 Å². The first-order chi connectivity index (χ1) is 11.0. The number of amides is 2. The van der Waals surface area contributed by atoms with E-state index in [1.54, 1.807) is 29.2 Å². The van der Waals surface area contributed by atoms with Gasteiger partial charge in [0.1, 0.15) is 0 Å². The van der Waals surface area contributed by atoms with Gasteiger partial charge in [0.2, 0.25) is 5.91 Å². The number of benzene rings is 1. The van der Waals surface area contributed by atoms with E-state index >= 15 is 0 Å². The Morgan fingerprint density at radius 1 is 1.38 bits per heavy atom. The highest BCUT2D eigenvalue weighted by Gasteiger charge is 2.28. The molecule has 1 aromatic carbocycles.